The monoisotopic (exact) mass is 430 g/mol. The highest BCUT2D eigenvalue weighted by Crippen LogP contribution is 2.32. The molecule has 0 bridgehead atoms. The van der Waals surface area contributed by atoms with Crippen LogP contribution in [0.2, 0.25) is 0 Å². The fraction of sp³-hybridized carbons (Fsp3) is 0.0588. The smallest absolute Gasteiger partial charge is 0.226 e. The number of anilines is 1. The van der Waals surface area contributed by atoms with Gasteiger partial charge in [0.15, 0.2) is 0 Å². The van der Waals surface area contributed by atoms with Crippen molar-refractivity contribution in [2.24, 2.45) is 0 Å². The lowest BCUT2D eigenvalue weighted by atomic mass is 10.0. The van der Waals surface area contributed by atoms with Gasteiger partial charge in [-0.1, -0.05) is 56.1 Å². The number of halogens is 2. The predicted octanol–water partition coefficient (Wildman–Crippen LogP) is 4.86. The number of nitrogens with one attached hydrogen (secondary N) is 1. The van der Waals surface area contributed by atoms with Crippen LogP contribution in [-0.4, -0.2) is 14.8 Å². The zero-order valence-corrected chi connectivity index (χ0v) is 15.1. The third-order valence-corrected chi connectivity index (χ3v) is 4.83. The second-order valence-electron chi connectivity index (χ2n) is 5.24. The minimum absolute atomic E-state index is 0.0143. The van der Waals surface area contributed by atoms with Crippen LogP contribution in [0.5, 0.6) is 0 Å². The first-order chi connectivity index (χ1) is 11.2. The second kappa shape index (κ2) is 5.94. The minimum Gasteiger partial charge on any atom is -0.324 e. The van der Waals surface area contributed by atoms with Crippen molar-refractivity contribution in [2.75, 3.05) is 5.32 Å². The summed E-state index contributed by atoms with van der Waals surface area (Å²) in [5.74, 6) is 0.748. The molecule has 1 N–H and O–H groups in total. The molecule has 114 valence electrons. The highest BCUT2D eigenvalue weighted by molar-refractivity contribution is 9.10. The highest BCUT2D eigenvalue weighted by atomic mass is 79.9. The van der Waals surface area contributed by atoms with Gasteiger partial charge in [0.05, 0.1) is 0 Å². The summed E-state index contributed by atoms with van der Waals surface area (Å²) in [4.78, 5) is 4.32. The van der Waals surface area contributed by atoms with Gasteiger partial charge in [-0.3, -0.25) is 0 Å². The number of benzene rings is 2. The Kier molecular flexibility index (Phi) is 3.79. The SMILES string of the molecule is Brc1ccc(C2=C[C@H](c3ccc(Br)cc3)n3ncnc3N2)cc1. The van der Waals surface area contributed by atoms with E-state index in [1.54, 1.807) is 6.33 Å². The summed E-state index contributed by atoms with van der Waals surface area (Å²) >= 11 is 6.96. The van der Waals surface area contributed by atoms with Gasteiger partial charge in [-0.05, 0) is 41.5 Å². The zero-order valence-electron chi connectivity index (χ0n) is 11.9. The summed E-state index contributed by atoms with van der Waals surface area (Å²) in [6, 6.07) is 16.5. The van der Waals surface area contributed by atoms with Crippen LogP contribution in [0.3, 0.4) is 0 Å². The topological polar surface area (TPSA) is 42.7 Å². The normalized spacial score (nSPS) is 16.4. The highest BCUT2D eigenvalue weighted by Gasteiger charge is 2.23. The van der Waals surface area contributed by atoms with Gasteiger partial charge >= 0.3 is 0 Å². The first-order valence-corrected chi connectivity index (χ1v) is 8.69. The molecule has 4 nitrogen and oxygen atoms in total. The van der Waals surface area contributed by atoms with E-state index in [9.17, 15) is 0 Å². The maximum Gasteiger partial charge on any atom is 0.226 e. The van der Waals surface area contributed by atoms with E-state index in [4.69, 9.17) is 0 Å². The molecule has 0 radical (unpaired) electrons. The van der Waals surface area contributed by atoms with E-state index in [0.717, 1.165) is 31.7 Å². The van der Waals surface area contributed by atoms with E-state index >= 15 is 0 Å². The number of aromatic nitrogens is 3. The largest absolute Gasteiger partial charge is 0.324 e. The molecule has 1 aromatic heterocycles. The van der Waals surface area contributed by atoms with Crippen LogP contribution < -0.4 is 5.32 Å². The molecular weight excluding hydrogens is 420 g/mol. The number of allylic oxidation sites excluding steroid dienone is 1. The third kappa shape index (κ3) is 2.84. The Morgan fingerprint density at radius 3 is 2.26 bits per heavy atom. The molecule has 0 saturated carbocycles. The van der Waals surface area contributed by atoms with Crippen LogP contribution in [0, 0.1) is 0 Å². The van der Waals surface area contributed by atoms with E-state index in [2.05, 4.69) is 77.6 Å². The second-order valence-corrected chi connectivity index (χ2v) is 7.07. The first kappa shape index (κ1) is 14.7. The molecule has 0 amide bonds. The van der Waals surface area contributed by atoms with Crippen molar-refractivity contribution in [2.45, 2.75) is 6.04 Å². The number of nitrogens with zero attached hydrogens (tertiary/aromatic N) is 3. The lowest BCUT2D eigenvalue weighted by Gasteiger charge is -2.24. The summed E-state index contributed by atoms with van der Waals surface area (Å²) in [6.07, 6.45) is 3.75. The summed E-state index contributed by atoms with van der Waals surface area (Å²) in [6.45, 7) is 0. The van der Waals surface area contributed by atoms with Gasteiger partial charge in [-0.15, -0.1) is 0 Å². The van der Waals surface area contributed by atoms with E-state index < -0.39 is 0 Å². The zero-order chi connectivity index (χ0) is 15.8. The molecular formula is C17H12Br2N4. The van der Waals surface area contributed by atoms with E-state index in [1.807, 2.05) is 28.9 Å². The Hall–Kier alpha value is -1.92. The summed E-state index contributed by atoms with van der Waals surface area (Å²) in [5.41, 5.74) is 3.31. The standard InChI is InChI=1S/C17H12Br2N4/c18-13-5-1-11(2-6-13)15-9-16(12-3-7-14(19)8-4-12)23-17(22-15)20-10-21-23/h1-10,16H,(H,20,21,22)/t16-/m1/s1. The van der Waals surface area contributed by atoms with Gasteiger partial charge in [-0.25, -0.2) is 4.68 Å². The number of fused-ring (bicyclic) bond motifs is 1. The maximum atomic E-state index is 4.36. The molecule has 6 heteroatoms. The minimum atomic E-state index is 0.0143. The molecule has 4 rings (SSSR count). The number of hydrogen-bond donors (Lipinski definition) is 1. The molecule has 23 heavy (non-hydrogen) atoms. The van der Waals surface area contributed by atoms with Gasteiger partial charge in [0.1, 0.15) is 12.4 Å². The average Bonchev–Trinajstić information content (AvgIpc) is 3.04. The van der Waals surface area contributed by atoms with Crippen LogP contribution in [0.25, 0.3) is 5.70 Å². The van der Waals surface area contributed by atoms with Crippen LogP contribution in [-0.2, 0) is 0 Å². The molecule has 1 atom stereocenters. The third-order valence-electron chi connectivity index (χ3n) is 3.77. The van der Waals surface area contributed by atoms with Crippen molar-refractivity contribution in [1.82, 2.24) is 14.8 Å². The maximum absolute atomic E-state index is 4.36. The number of hydrogen-bond acceptors (Lipinski definition) is 3. The van der Waals surface area contributed by atoms with Gasteiger partial charge < -0.3 is 5.32 Å². The van der Waals surface area contributed by atoms with E-state index in [0.29, 0.717) is 0 Å². The Bertz CT molecular complexity index is 866. The lowest BCUT2D eigenvalue weighted by Crippen LogP contribution is -2.20. The van der Waals surface area contributed by atoms with Gasteiger partial charge in [0, 0.05) is 14.6 Å². The van der Waals surface area contributed by atoms with Crippen LogP contribution in [0.4, 0.5) is 5.95 Å². The molecule has 1 aliphatic rings. The van der Waals surface area contributed by atoms with Crippen molar-refractivity contribution in [3.8, 4) is 0 Å². The average molecular weight is 432 g/mol. The number of rotatable bonds is 2. The molecule has 2 aromatic carbocycles. The van der Waals surface area contributed by atoms with Crippen LogP contribution in [0.1, 0.15) is 17.2 Å². The van der Waals surface area contributed by atoms with E-state index in [1.165, 1.54) is 0 Å². The summed E-state index contributed by atoms with van der Waals surface area (Å²) in [5, 5.41) is 7.71. The first-order valence-electron chi connectivity index (χ1n) is 7.10. The Balaban J connectivity index is 1.79. The molecule has 0 spiro atoms. The molecule has 1 aliphatic heterocycles. The van der Waals surface area contributed by atoms with Gasteiger partial charge in [0.25, 0.3) is 0 Å². The van der Waals surface area contributed by atoms with Gasteiger partial charge in [0.2, 0.25) is 5.95 Å². The molecule has 0 unspecified atom stereocenters. The quantitative estimate of drug-likeness (QED) is 0.630. The fourth-order valence-corrected chi connectivity index (χ4v) is 3.16. The van der Waals surface area contributed by atoms with E-state index in [-0.39, 0.29) is 6.04 Å². The molecule has 0 aliphatic carbocycles. The molecule has 0 fully saturated rings. The Morgan fingerprint density at radius 1 is 0.913 bits per heavy atom. The molecule has 3 aromatic rings. The van der Waals surface area contributed by atoms with Crippen molar-refractivity contribution in [3.05, 3.63) is 81.0 Å². The Morgan fingerprint density at radius 2 is 1.57 bits per heavy atom. The predicted molar refractivity (Wildman–Crippen MR) is 98.0 cm³/mol. The van der Waals surface area contributed by atoms with Crippen molar-refractivity contribution in [1.29, 1.82) is 0 Å². The lowest BCUT2D eigenvalue weighted by molar-refractivity contribution is 0.612. The van der Waals surface area contributed by atoms with Crippen molar-refractivity contribution >= 4 is 43.5 Å². The van der Waals surface area contributed by atoms with Crippen molar-refractivity contribution < 1.29 is 0 Å². The Labute approximate surface area is 150 Å². The summed E-state index contributed by atoms with van der Waals surface area (Å²) in [7, 11) is 0. The van der Waals surface area contributed by atoms with Crippen LogP contribution >= 0.6 is 31.9 Å². The van der Waals surface area contributed by atoms with Crippen LogP contribution in [0.15, 0.2) is 69.9 Å². The summed E-state index contributed by atoms with van der Waals surface area (Å²) < 4.78 is 4.02. The van der Waals surface area contributed by atoms with Crippen molar-refractivity contribution in [3.63, 3.8) is 0 Å². The molecule has 2 heterocycles. The van der Waals surface area contributed by atoms with Gasteiger partial charge in [-0.2, -0.15) is 10.1 Å². The fourth-order valence-electron chi connectivity index (χ4n) is 2.63. The molecule has 0 saturated heterocycles.